The summed E-state index contributed by atoms with van der Waals surface area (Å²) < 4.78 is 24.0. The lowest BCUT2D eigenvalue weighted by atomic mass is 9.97. The van der Waals surface area contributed by atoms with E-state index in [-0.39, 0.29) is 30.7 Å². The summed E-state index contributed by atoms with van der Waals surface area (Å²) >= 11 is 0. The monoisotopic (exact) mass is 574 g/mol. The molecule has 3 unspecified atom stereocenters. The van der Waals surface area contributed by atoms with Gasteiger partial charge in [-0.25, -0.2) is 8.75 Å². The van der Waals surface area contributed by atoms with Gasteiger partial charge >= 0.3 is 0 Å². The molecule has 1 aliphatic carbocycles. The van der Waals surface area contributed by atoms with Crippen molar-refractivity contribution in [3.8, 4) is 0 Å². The minimum Gasteiger partial charge on any atom is -0.467 e. The van der Waals surface area contributed by atoms with E-state index in [1.807, 2.05) is 18.2 Å². The van der Waals surface area contributed by atoms with E-state index in [9.17, 15) is 18.8 Å². The zero-order chi connectivity index (χ0) is 28.8. The number of hydrogen-bond donors (Lipinski definition) is 2. The standard InChI is InChI=1S/C31H31FN4O4S/c1-21-7-9-22(10-8-21)16-28(37)33-18-29(38)34-25-13-11-23(12-14-25)30-31(39)36(19-27-6-3-15-40-27)20-41(30)35-26-5-2-4-24(32)17-26/h2-7,9-15,17,21,30H,8,16,18-20H2,1H3,(H,33,37)(H,34,38). The topological polar surface area (TPSA) is 104 Å². The van der Waals surface area contributed by atoms with Crippen LogP contribution in [0.25, 0.3) is 0 Å². The molecule has 10 heteroatoms. The van der Waals surface area contributed by atoms with Crippen LogP contribution in [-0.2, 0) is 31.6 Å². The number of benzene rings is 2. The van der Waals surface area contributed by atoms with E-state index in [2.05, 4.69) is 23.6 Å². The van der Waals surface area contributed by atoms with E-state index in [1.165, 1.54) is 12.1 Å². The lowest BCUT2D eigenvalue weighted by Crippen LogP contribution is -2.32. The Bertz CT molecular complexity index is 1520. The van der Waals surface area contributed by atoms with E-state index in [0.29, 0.717) is 35.5 Å². The van der Waals surface area contributed by atoms with Gasteiger partial charge in [0.2, 0.25) is 17.7 Å². The molecule has 2 heterocycles. The van der Waals surface area contributed by atoms with E-state index >= 15 is 0 Å². The van der Waals surface area contributed by atoms with Gasteiger partial charge in [-0.1, -0.05) is 54.0 Å². The highest BCUT2D eigenvalue weighted by Gasteiger charge is 2.38. The number of rotatable bonds is 9. The van der Waals surface area contributed by atoms with Crippen LogP contribution >= 0.6 is 0 Å². The average molecular weight is 575 g/mol. The molecule has 212 valence electrons. The van der Waals surface area contributed by atoms with Crippen molar-refractivity contribution in [2.24, 2.45) is 10.3 Å². The number of furan rings is 1. The second-order valence-electron chi connectivity index (χ2n) is 10.1. The minimum atomic E-state index is -0.779. The number of carbonyl (C=O) groups excluding carboxylic acids is 3. The van der Waals surface area contributed by atoms with Gasteiger partial charge < -0.3 is 20.0 Å². The van der Waals surface area contributed by atoms with Crippen molar-refractivity contribution in [1.82, 2.24) is 10.2 Å². The molecule has 0 bridgehead atoms. The second kappa shape index (κ2) is 12.9. The molecular formula is C31H31FN4O4S. The Kier molecular flexibility index (Phi) is 8.88. The van der Waals surface area contributed by atoms with Gasteiger partial charge in [-0.2, -0.15) is 0 Å². The number of halogens is 1. The first kappa shape index (κ1) is 28.2. The maximum atomic E-state index is 13.8. The summed E-state index contributed by atoms with van der Waals surface area (Å²) in [6.07, 6.45) is 8.79. The van der Waals surface area contributed by atoms with Crippen LogP contribution < -0.4 is 10.6 Å². The number of nitrogens with one attached hydrogen (secondary N) is 2. The van der Waals surface area contributed by atoms with Crippen LogP contribution in [0.15, 0.2) is 99.5 Å². The van der Waals surface area contributed by atoms with Crippen molar-refractivity contribution in [2.45, 2.75) is 31.6 Å². The molecule has 5 rings (SSSR count). The van der Waals surface area contributed by atoms with Crippen LogP contribution in [0.5, 0.6) is 0 Å². The largest absolute Gasteiger partial charge is 0.467 e. The Labute approximate surface area is 240 Å². The number of allylic oxidation sites excluding steroid dienone is 3. The van der Waals surface area contributed by atoms with E-state index in [4.69, 9.17) is 8.78 Å². The third kappa shape index (κ3) is 7.46. The molecule has 1 aliphatic heterocycles. The zero-order valence-electron chi connectivity index (χ0n) is 22.6. The Morgan fingerprint density at radius 3 is 2.66 bits per heavy atom. The fourth-order valence-electron chi connectivity index (χ4n) is 4.62. The molecule has 3 aromatic rings. The van der Waals surface area contributed by atoms with Gasteiger partial charge in [-0.05, 0) is 59.9 Å². The van der Waals surface area contributed by atoms with E-state index < -0.39 is 21.8 Å². The van der Waals surface area contributed by atoms with Crippen LogP contribution in [0, 0.1) is 11.7 Å². The molecule has 2 aromatic carbocycles. The number of hydrogen-bond acceptors (Lipinski definition) is 5. The summed E-state index contributed by atoms with van der Waals surface area (Å²) in [6, 6.07) is 16.6. The molecule has 0 saturated carbocycles. The Balaban J connectivity index is 1.24. The predicted octanol–water partition coefficient (Wildman–Crippen LogP) is 5.56. The normalized spacial score (nSPS) is 20.2. The van der Waals surface area contributed by atoms with Gasteiger partial charge in [0.25, 0.3) is 0 Å². The van der Waals surface area contributed by atoms with Gasteiger partial charge in [0, 0.05) is 11.8 Å². The Hall–Kier alpha value is -4.31. The molecular weight excluding hydrogens is 543 g/mol. The van der Waals surface area contributed by atoms with Gasteiger partial charge in [0.15, 0.2) is 0 Å². The lowest BCUT2D eigenvalue weighted by molar-refractivity contribution is -0.129. The summed E-state index contributed by atoms with van der Waals surface area (Å²) in [5.41, 5.74) is 2.71. The first-order valence-corrected chi connectivity index (χ1v) is 14.8. The van der Waals surface area contributed by atoms with Crippen molar-refractivity contribution >= 4 is 39.8 Å². The van der Waals surface area contributed by atoms with Gasteiger partial charge in [-0.3, -0.25) is 14.4 Å². The molecule has 1 fully saturated rings. The Morgan fingerprint density at radius 1 is 1.12 bits per heavy atom. The molecule has 1 aromatic heterocycles. The van der Waals surface area contributed by atoms with Crippen LogP contribution in [0.1, 0.15) is 36.3 Å². The highest BCUT2D eigenvalue weighted by molar-refractivity contribution is 7.88. The van der Waals surface area contributed by atoms with Gasteiger partial charge in [-0.15, -0.1) is 0 Å². The van der Waals surface area contributed by atoms with Crippen LogP contribution in [0.3, 0.4) is 0 Å². The van der Waals surface area contributed by atoms with Gasteiger partial charge in [0.1, 0.15) is 16.8 Å². The summed E-state index contributed by atoms with van der Waals surface area (Å²) in [7, 11) is -0.779. The van der Waals surface area contributed by atoms with Crippen LogP contribution in [-0.4, -0.2) is 35.0 Å². The van der Waals surface area contributed by atoms with Crippen LogP contribution in [0.2, 0.25) is 0 Å². The first-order chi connectivity index (χ1) is 19.8. The molecule has 2 N–H and O–H groups in total. The first-order valence-electron chi connectivity index (χ1n) is 13.4. The van der Waals surface area contributed by atoms with Crippen molar-refractivity contribution in [3.05, 3.63) is 108 Å². The second-order valence-corrected chi connectivity index (χ2v) is 11.8. The smallest absolute Gasteiger partial charge is 0.243 e. The number of nitrogens with zero attached hydrogens (tertiary/aromatic N) is 2. The molecule has 41 heavy (non-hydrogen) atoms. The van der Waals surface area contributed by atoms with E-state index in [0.717, 1.165) is 17.6 Å². The number of carbonyl (C=O) groups is 3. The third-order valence-electron chi connectivity index (χ3n) is 6.75. The molecule has 3 atom stereocenters. The van der Waals surface area contributed by atoms with Crippen molar-refractivity contribution < 1.29 is 23.2 Å². The fourth-order valence-corrected chi connectivity index (χ4v) is 6.71. The molecule has 1 saturated heterocycles. The summed E-state index contributed by atoms with van der Waals surface area (Å²) in [5.74, 6) is 0.467. The van der Waals surface area contributed by atoms with Crippen molar-refractivity contribution in [1.29, 1.82) is 0 Å². The molecule has 2 aliphatic rings. The number of amides is 3. The molecule has 8 nitrogen and oxygen atoms in total. The minimum absolute atomic E-state index is 0.0956. The maximum absolute atomic E-state index is 13.8. The van der Waals surface area contributed by atoms with Gasteiger partial charge in [0.05, 0.1) is 37.3 Å². The van der Waals surface area contributed by atoms with Crippen molar-refractivity contribution in [2.75, 3.05) is 17.7 Å². The predicted molar refractivity (Wildman–Crippen MR) is 156 cm³/mol. The fraction of sp³-hybridized carbons (Fsp3) is 0.258. The molecule has 3 amide bonds. The lowest BCUT2D eigenvalue weighted by Gasteiger charge is -2.14. The quantitative estimate of drug-likeness (QED) is 0.349. The highest BCUT2D eigenvalue weighted by Crippen LogP contribution is 2.34. The zero-order valence-corrected chi connectivity index (χ0v) is 23.4. The summed E-state index contributed by atoms with van der Waals surface area (Å²) in [6.45, 7) is 2.29. The number of anilines is 1. The van der Waals surface area contributed by atoms with Crippen LogP contribution in [0.4, 0.5) is 15.8 Å². The third-order valence-corrected chi connectivity index (χ3v) is 8.79. The summed E-state index contributed by atoms with van der Waals surface area (Å²) in [4.78, 5) is 39.9. The van der Waals surface area contributed by atoms with Crippen molar-refractivity contribution in [3.63, 3.8) is 0 Å². The highest BCUT2D eigenvalue weighted by atomic mass is 32.2. The Morgan fingerprint density at radius 2 is 1.95 bits per heavy atom. The average Bonchev–Trinajstić information content (AvgIpc) is 3.57. The molecule has 0 spiro atoms. The summed E-state index contributed by atoms with van der Waals surface area (Å²) in [5, 5.41) is 4.88. The SMILES string of the molecule is CC1C=CC(CC(=O)NCC(=O)Nc2ccc(C3C(=O)N(Cc4ccco4)CS3=Nc3cccc(F)c3)cc2)=CC1. The maximum Gasteiger partial charge on any atom is 0.243 e. The van der Waals surface area contributed by atoms with E-state index in [1.54, 1.807) is 53.6 Å². The molecule has 0 radical (unpaired) electrons.